The van der Waals surface area contributed by atoms with Gasteiger partial charge in [0.2, 0.25) is 0 Å². The van der Waals surface area contributed by atoms with Crippen LogP contribution in [0.5, 0.6) is 0 Å². The first-order valence-electron chi connectivity index (χ1n) is 11.3. The van der Waals surface area contributed by atoms with Crippen molar-refractivity contribution >= 4 is 5.69 Å². The van der Waals surface area contributed by atoms with E-state index in [-0.39, 0.29) is 5.82 Å². The van der Waals surface area contributed by atoms with Crippen LogP contribution in [-0.4, -0.2) is 50.8 Å². The molecule has 1 spiro atoms. The number of hydrogen-bond acceptors (Lipinski definition) is 4. The Labute approximate surface area is 178 Å². The van der Waals surface area contributed by atoms with E-state index in [1.165, 1.54) is 24.0 Å². The molecular weight excluding hydrogens is 379 g/mol. The van der Waals surface area contributed by atoms with E-state index in [4.69, 9.17) is 9.47 Å². The van der Waals surface area contributed by atoms with Gasteiger partial charge in [0.05, 0.1) is 13.2 Å². The Morgan fingerprint density at radius 1 is 0.933 bits per heavy atom. The minimum atomic E-state index is -0.500. The van der Waals surface area contributed by atoms with E-state index in [2.05, 4.69) is 34.1 Å². The highest BCUT2D eigenvalue weighted by Gasteiger charge is 2.44. The predicted molar refractivity (Wildman–Crippen MR) is 116 cm³/mol. The summed E-state index contributed by atoms with van der Waals surface area (Å²) in [4.78, 5) is 4.92. The van der Waals surface area contributed by atoms with Crippen LogP contribution in [0, 0.1) is 11.7 Å². The number of ether oxygens (including phenoxy) is 2. The first-order valence-corrected chi connectivity index (χ1v) is 11.3. The molecule has 0 N–H and O–H groups in total. The van der Waals surface area contributed by atoms with E-state index in [9.17, 15) is 4.39 Å². The summed E-state index contributed by atoms with van der Waals surface area (Å²) >= 11 is 0. The third-order valence-electron chi connectivity index (χ3n) is 6.90. The van der Waals surface area contributed by atoms with Gasteiger partial charge in [-0.25, -0.2) is 4.39 Å². The van der Waals surface area contributed by atoms with Crippen molar-refractivity contribution in [2.24, 2.45) is 5.92 Å². The van der Waals surface area contributed by atoms with Gasteiger partial charge in [-0.3, -0.25) is 4.90 Å². The lowest BCUT2D eigenvalue weighted by Crippen LogP contribution is -2.46. The molecule has 2 aliphatic heterocycles. The van der Waals surface area contributed by atoms with Crippen molar-refractivity contribution in [3.05, 3.63) is 65.5 Å². The number of benzene rings is 2. The fourth-order valence-corrected chi connectivity index (χ4v) is 5.36. The Balaban J connectivity index is 1.11. The molecule has 30 heavy (non-hydrogen) atoms. The van der Waals surface area contributed by atoms with Crippen LogP contribution < -0.4 is 4.90 Å². The SMILES string of the molecule is Fc1ccc(N2CCN(CCCC3Cc4ccccc4C4(C3)OCCO4)CC2)cc1. The molecule has 1 aliphatic carbocycles. The zero-order valence-electron chi connectivity index (χ0n) is 17.6. The molecule has 5 rings (SSSR count). The molecule has 0 amide bonds. The smallest absolute Gasteiger partial charge is 0.195 e. The van der Waals surface area contributed by atoms with E-state index < -0.39 is 5.79 Å². The van der Waals surface area contributed by atoms with Crippen molar-refractivity contribution in [3.8, 4) is 0 Å². The van der Waals surface area contributed by atoms with E-state index in [0.717, 1.165) is 51.3 Å². The summed E-state index contributed by atoms with van der Waals surface area (Å²) in [5, 5.41) is 0. The van der Waals surface area contributed by atoms with Gasteiger partial charge in [0, 0.05) is 43.9 Å². The minimum Gasteiger partial charge on any atom is -0.369 e. The number of piperazine rings is 1. The molecule has 3 aliphatic rings. The maximum Gasteiger partial charge on any atom is 0.195 e. The fraction of sp³-hybridized carbons (Fsp3) is 0.520. The summed E-state index contributed by atoms with van der Waals surface area (Å²) in [6.07, 6.45) is 4.52. The van der Waals surface area contributed by atoms with Crippen molar-refractivity contribution in [1.82, 2.24) is 4.90 Å². The monoisotopic (exact) mass is 410 g/mol. The van der Waals surface area contributed by atoms with Crippen molar-refractivity contribution in [2.75, 3.05) is 50.8 Å². The lowest BCUT2D eigenvalue weighted by Gasteiger charge is -2.39. The Hall–Kier alpha value is -1.95. The molecular formula is C25H31FN2O2. The van der Waals surface area contributed by atoms with Gasteiger partial charge in [-0.15, -0.1) is 0 Å². The molecule has 1 unspecified atom stereocenters. The molecule has 2 aromatic rings. The molecule has 2 heterocycles. The number of nitrogens with zero attached hydrogens (tertiary/aromatic N) is 2. The molecule has 0 radical (unpaired) electrons. The van der Waals surface area contributed by atoms with Crippen molar-refractivity contribution < 1.29 is 13.9 Å². The maximum atomic E-state index is 13.1. The predicted octanol–water partition coefficient (Wildman–Crippen LogP) is 4.19. The molecule has 5 heteroatoms. The van der Waals surface area contributed by atoms with E-state index in [1.807, 2.05) is 12.1 Å². The first kappa shape index (κ1) is 20.0. The molecule has 1 atom stereocenters. The third-order valence-corrected chi connectivity index (χ3v) is 6.90. The lowest BCUT2D eigenvalue weighted by atomic mass is 9.78. The number of hydrogen-bond donors (Lipinski definition) is 0. The standard InChI is InChI=1S/C25H31FN2O2/c26-22-7-9-23(10-8-22)28-14-12-27(13-15-28)11-3-4-20-18-21-5-1-2-6-24(21)25(19-20)29-16-17-30-25/h1-2,5-10,20H,3-4,11-19H2. The van der Waals surface area contributed by atoms with E-state index in [1.54, 1.807) is 12.1 Å². The number of halogens is 1. The second-order valence-electron chi connectivity index (χ2n) is 8.83. The normalized spacial score (nSPS) is 23.6. The Morgan fingerprint density at radius 3 is 2.43 bits per heavy atom. The van der Waals surface area contributed by atoms with E-state index in [0.29, 0.717) is 19.1 Å². The third kappa shape index (κ3) is 4.11. The van der Waals surface area contributed by atoms with Crippen LogP contribution in [0.2, 0.25) is 0 Å². The average Bonchev–Trinajstić information content (AvgIpc) is 3.24. The van der Waals surface area contributed by atoms with Gasteiger partial charge in [0.15, 0.2) is 5.79 Å². The Kier molecular flexibility index (Phi) is 5.77. The molecule has 0 bridgehead atoms. The van der Waals surface area contributed by atoms with Gasteiger partial charge >= 0.3 is 0 Å². The van der Waals surface area contributed by atoms with Crippen LogP contribution in [0.1, 0.15) is 30.4 Å². The summed E-state index contributed by atoms with van der Waals surface area (Å²) in [7, 11) is 0. The summed E-state index contributed by atoms with van der Waals surface area (Å²) in [6, 6.07) is 15.5. The molecule has 2 fully saturated rings. The van der Waals surface area contributed by atoms with Gasteiger partial charge < -0.3 is 14.4 Å². The van der Waals surface area contributed by atoms with Gasteiger partial charge in [-0.2, -0.15) is 0 Å². The van der Waals surface area contributed by atoms with Gasteiger partial charge in [-0.1, -0.05) is 24.3 Å². The maximum absolute atomic E-state index is 13.1. The highest BCUT2D eigenvalue weighted by atomic mass is 19.1. The lowest BCUT2D eigenvalue weighted by molar-refractivity contribution is -0.184. The Morgan fingerprint density at radius 2 is 1.67 bits per heavy atom. The largest absolute Gasteiger partial charge is 0.369 e. The summed E-state index contributed by atoms with van der Waals surface area (Å²) in [5.74, 6) is -0.0586. The average molecular weight is 411 g/mol. The summed E-state index contributed by atoms with van der Waals surface area (Å²) in [6.45, 7) is 6.69. The topological polar surface area (TPSA) is 24.9 Å². The van der Waals surface area contributed by atoms with Crippen molar-refractivity contribution in [2.45, 2.75) is 31.5 Å². The van der Waals surface area contributed by atoms with Crippen LogP contribution in [-0.2, 0) is 21.7 Å². The number of fused-ring (bicyclic) bond motifs is 2. The molecule has 2 saturated heterocycles. The molecule has 4 nitrogen and oxygen atoms in total. The Bertz CT molecular complexity index is 842. The highest BCUT2D eigenvalue weighted by molar-refractivity contribution is 5.46. The first-order chi connectivity index (χ1) is 14.7. The van der Waals surface area contributed by atoms with Gasteiger partial charge in [-0.05, 0) is 61.6 Å². The van der Waals surface area contributed by atoms with Crippen LogP contribution in [0.15, 0.2) is 48.5 Å². The fourth-order valence-electron chi connectivity index (χ4n) is 5.36. The van der Waals surface area contributed by atoms with Gasteiger partial charge in [0.1, 0.15) is 5.82 Å². The van der Waals surface area contributed by atoms with Crippen molar-refractivity contribution in [1.29, 1.82) is 0 Å². The summed E-state index contributed by atoms with van der Waals surface area (Å²) < 4.78 is 25.4. The number of rotatable bonds is 5. The number of anilines is 1. The molecule has 0 aromatic heterocycles. The van der Waals surface area contributed by atoms with Crippen molar-refractivity contribution in [3.63, 3.8) is 0 Å². The quantitative estimate of drug-likeness (QED) is 0.738. The zero-order valence-corrected chi connectivity index (χ0v) is 17.6. The van der Waals surface area contributed by atoms with Crippen LogP contribution in [0.3, 0.4) is 0 Å². The van der Waals surface area contributed by atoms with Gasteiger partial charge in [0.25, 0.3) is 0 Å². The second-order valence-corrected chi connectivity index (χ2v) is 8.83. The zero-order chi connectivity index (χ0) is 20.4. The molecule has 0 saturated carbocycles. The molecule has 2 aromatic carbocycles. The van der Waals surface area contributed by atoms with Crippen LogP contribution in [0.4, 0.5) is 10.1 Å². The van der Waals surface area contributed by atoms with Crippen LogP contribution in [0.25, 0.3) is 0 Å². The van der Waals surface area contributed by atoms with Crippen LogP contribution >= 0.6 is 0 Å². The van der Waals surface area contributed by atoms with E-state index >= 15 is 0 Å². The molecule has 160 valence electrons. The minimum absolute atomic E-state index is 0.169. The second kappa shape index (κ2) is 8.66. The highest BCUT2D eigenvalue weighted by Crippen LogP contribution is 2.45. The summed E-state index contributed by atoms with van der Waals surface area (Å²) in [5.41, 5.74) is 3.76.